The van der Waals surface area contributed by atoms with E-state index in [4.69, 9.17) is 29.7 Å². The molecule has 3 aromatic rings. The molecule has 0 saturated carbocycles. The van der Waals surface area contributed by atoms with Gasteiger partial charge in [-0.1, -0.05) is 78.6 Å². The van der Waals surface area contributed by atoms with Gasteiger partial charge in [-0.3, -0.25) is 9.59 Å². The molecule has 3 aliphatic rings. The maximum atomic E-state index is 13.3. The molecule has 4 atom stereocenters. The number of carbonyl (C=O) groups is 2. The molecule has 5 heterocycles. The zero-order valence-corrected chi connectivity index (χ0v) is 28.9. The molecule has 0 amide bonds. The molecule has 0 aromatic carbocycles. The van der Waals surface area contributed by atoms with Crippen molar-refractivity contribution in [1.29, 1.82) is 0 Å². The van der Waals surface area contributed by atoms with Gasteiger partial charge in [0, 0.05) is 11.6 Å². The van der Waals surface area contributed by atoms with Crippen molar-refractivity contribution in [2.75, 3.05) is 14.2 Å². The van der Waals surface area contributed by atoms with Crippen molar-refractivity contribution in [3.05, 3.63) is 83.8 Å². The normalized spacial score (nSPS) is 23.7. The van der Waals surface area contributed by atoms with Gasteiger partial charge in [-0.2, -0.15) is 5.70 Å². The summed E-state index contributed by atoms with van der Waals surface area (Å²) in [5.41, 5.74) is 8.44. The summed E-state index contributed by atoms with van der Waals surface area (Å²) in [6.07, 6.45) is 9.21. The summed E-state index contributed by atoms with van der Waals surface area (Å²) in [5.74, 6) is -2.32. The largest absolute Gasteiger partial charge is 2.00 e. The van der Waals surface area contributed by atoms with Crippen LogP contribution in [0.15, 0.2) is 12.3 Å². The number of esters is 2. The van der Waals surface area contributed by atoms with E-state index in [-0.39, 0.29) is 53.0 Å². The summed E-state index contributed by atoms with van der Waals surface area (Å²) >= 11 is 0. The van der Waals surface area contributed by atoms with Gasteiger partial charge in [-0.25, -0.2) is 0 Å². The molecule has 10 heteroatoms. The third-order valence-corrected chi connectivity index (χ3v) is 9.89. The molecule has 1 saturated heterocycles. The second kappa shape index (κ2) is 12.7. The molecule has 0 spiro atoms. The van der Waals surface area contributed by atoms with Crippen LogP contribution in [0.1, 0.15) is 71.6 Å². The molecular weight excluding hydrogens is 593 g/mol. The standard InChI is InChI=1S/C36H38N4O5.Mg/c1-9-20-16(3)23-13-25-18(5)22(11-12-29(41)44-7)33(39-25)31-32(36(43)45-8)35(42)30-19(6)26(40-34(30)31)15-28-21(10-2)17(4)24(38-28)14-27(20)37-23;/h9,13-15,18,22,32-33,42H,1,10-12H2,2-8H3;/q-4;+2/b24-14-,25-13-,28-15-;/t18-,22-,32+,33?;/m0./s1. The first-order chi connectivity index (χ1) is 21.5. The molecule has 1 aliphatic carbocycles. The second-order valence-electron chi connectivity index (χ2n) is 12.1. The van der Waals surface area contributed by atoms with Crippen LogP contribution in [0.2, 0.25) is 0 Å². The smallest absolute Gasteiger partial charge is 0.681 e. The van der Waals surface area contributed by atoms with Crippen molar-refractivity contribution in [2.45, 2.75) is 59.9 Å². The topological polar surface area (TPSA) is 129 Å². The summed E-state index contributed by atoms with van der Waals surface area (Å²) in [5, 5.41) is 19.6. The maximum Gasteiger partial charge on any atom is 2.00 e. The molecular formula is C36H38MgN4O5-2. The van der Waals surface area contributed by atoms with Crippen LogP contribution < -0.4 is 36.2 Å². The number of aliphatic hydroxyl groups is 1. The fourth-order valence-electron chi connectivity index (χ4n) is 7.30. The number of aromatic nitrogens is 3. The second-order valence-corrected chi connectivity index (χ2v) is 12.1. The third-order valence-electron chi connectivity index (χ3n) is 9.89. The van der Waals surface area contributed by atoms with Crippen molar-refractivity contribution >= 4 is 70.6 Å². The third kappa shape index (κ3) is 5.15. The molecule has 8 bridgehead atoms. The SMILES string of the molecule is C=Cc1c2[n-]c(c1C)/C=C1\[N-]C(C3=c4[n-]c(c(C)c4=C(O)[C@@H]3C(=O)OC)/C=c3\[n-]/c(c(C)c3CC)=C\2)[C@@H](CCC(=O)OC)[C@@H]1C.[Mg+2]. The van der Waals surface area contributed by atoms with Crippen LogP contribution in [0.5, 0.6) is 0 Å². The van der Waals surface area contributed by atoms with Crippen molar-refractivity contribution in [3.8, 4) is 0 Å². The van der Waals surface area contributed by atoms with Gasteiger partial charge in [0.2, 0.25) is 0 Å². The summed E-state index contributed by atoms with van der Waals surface area (Å²) in [6.45, 7) is 14.2. The van der Waals surface area contributed by atoms with Crippen LogP contribution >= 0.6 is 0 Å². The minimum absolute atomic E-state index is 0. The van der Waals surface area contributed by atoms with Gasteiger partial charge < -0.3 is 34.8 Å². The molecule has 1 fully saturated rings. The molecule has 0 radical (unpaired) electrons. The van der Waals surface area contributed by atoms with E-state index >= 15 is 0 Å². The van der Waals surface area contributed by atoms with Crippen molar-refractivity contribution in [2.24, 2.45) is 17.8 Å². The number of nitrogens with zero attached hydrogens (tertiary/aromatic N) is 4. The Hall–Kier alpha value is -3.89. The van der Waals surface area contributed by atoms with Crippen molar-refractivity contribution in [1.82, 2.24) is 15.0 Å². The van der Waals surface area contributed by atoms with E-state index in [9.17, 15) is 14.7 Å². The monoisotopic (exact) mass is 630 g/mol. The minimum Gasteiger partial charge on any atom is -0.681 e. The Morgan fingerprint density at radius 1 is 0.957 bits per heavy atom. The number of hydrogen-bond acceptors (Lipinski definition) is 5. The van der Waals surface area contributed by atoms with Crippen LogP contribution in [-0.2, 0) is 25.5 Å². The van der Waals surface area contributed by atoms with Crippen molar-refractivity contribution < 1.29 is 24.2 Å². The van der Waals surface area contributed by atoms with E-state index in [1.54, 1.807) is 0 Å². The van der Waals surface area contributed by atoms with Gasteiger partial charge in [-0.15, -0.1) is 33.1 Å². The number of rotatable bonds is 6. The number of hydrogen-bond donors (Lipinski definition) is 1. The number of carbonyl (C=O) groups excluding carboxylic acids is 2. The average molecular weight is 631 g/mol. The Labute approximate surface area is 284 Å². The van der Waals surface area contributed by atoms with Crippen LogP contribution in [0, 0.1) is 38.5 Å². The van der Waals surface area contributed by atoms with Gasteiger partial charge >= 0.3 is 35.0 Å². The molecule has 46 heavy (non-hydrogen) atoms. The first kappa shape index (κ1) is 33.5. The zero-order chi connectivity index (χ0) is 32.3. The number of fused-ring (bicyclic) bond motifs is 8. The fourth-order valence-corrected chi connectivity index (χ4v) is 7.30. The van der Waals surface area contributed by atoms with E-state index in [1.807, 2.05) is 38.2 Å². The van der Waals surface area contributed by atoms with E-state index < -0.39 is 17.9 Å². The van der Waals surface area contributed by atoms with E-state index in [1.165, 1.54) is 14.2 Å². The predicted molar refractivity (Wildman–Crippen MR) is 178 cm³/mol. The van der Waals surface area contributed by atoms with Crippen molar-refractivity contribution in [3.63, 3.8) is 0 Å². The van der Waals surface area contributed by atoms with Gasteiger partial charge in [0.05, 0.1) is 14.2 Å². The number of allylic oxidation sites excluding steroid dienone is 1. The number of ether oxygens (including phenoxy) is 2. The first-order valence-corrected chi connectivity index (χ1v) is 15.4. The zero-order valence-electron chi connectivity index (χ0n) is 27.5. The number of aliphatic hydroxyl groups excluding tert-OH is 1. The number of methoxy groups -OCH3 is 2. The molecule has 9 nitrogen and oxygen atoms in total. The maximum absolute atomic E-state index is 13.3. The molecule has 2 aliphatic heterocycles. The average Bonchev–Trinajstić information content (AvgIpc) is 3.76. The van der Waals surface area contributed by atoms with Crippen LogP contribution in [-0.4, -0.2) is 60.4 Å². The quantitative estimate of drug-likeness (QED) is 0.323. The predicted octanol–water partition coefficient (Wildman–Crippen LogP) is 1.90. The summed E-state index contributed by atoms with van der Waals surface area (Å²) < 4.78 is 10.2. The molecule has 6 rings (SSSR count). The van der Waals surface area contributed by atoms with E-state index in [2.05, 4.69) is 27.4 Å². The Balaban J connectivity index is 0.00000417. The summed E-state index contributed by atoms with van der Waals surface area (Å²) in [6, 6.07) is -0.546. The van der Waals surface area contributed by atoms with Crippen LogP contribution in [0.25, 0.3) is 41.0 Å². The molecule has 1 N–H and O–H groups in total. The Kier molecular flexibility index (Phi) is 9.25. The Bertz CT molecular complexity index is 2040. The Morgan fingerprint density at radius 2 is 1.65 bits per heavy atom. The van der Waals surface area contributed by atoms with Gasteiger partial charge in [0.15, 0.2) is 0 Å². The Morgan fingerprint density at radius 3 is 2.30 bits per heavy atom. The van der Waals surface area contributed by atoms with Crippen LogP contribution in [0.3, 0.4) is 0 Å². The molecule has 236 valence electrons. The molecule has 3 aromatic heterocycles. The van der Waals surface area contributed by atoms with Gasteiger partial charge in [0.1, 0.15) is 11.7 Å². The summed E-state index contributed by atoms with van der Waals surface area (Å²) in [7, 11) is 2.68. The van der Waals surface area contributed by atoms with Gasteiger partial charge in [0.25, 0.3) is 0 Å². The summed E-state index contributed by atoms with van der Waals surface area (Å²) in [4.78, 5) is 40.7. The van der Waals surface area contributed by atoms with E-state index in [0.717, 1.165) is 62.0 Å². The molecule has 1 unspecified atom stereocenters. The van der Waals surface area contributed by atoms with E-state index in [0.29, 0.717) is 28.3 Å². The minimum atomic E-state index is -1.05. The fraction of sp³-hybridized carbons (Fsp3) is 0.389. The van der Waals surface area contributed by atoms with Crippen LogP contribution in [0.4, 0.5) is 0 Å². The van der Waals surface area contributed by atoms with Gasteiger partial charge in [-0.05, 0) is 51.0 Å². The first-order valence-electron chi connectivity index (χ1n) is 15.4.